The van der Waals surface area contributed by atoms with E-state index in [0.717, 1.165) is 25.7 Å². The third-order valence-corrected chi connectivity index (χ3v) is 21.6. The standard InChI is InChI=1S/2C10H17NO5.2C10H17NO4.2C9H15NO5/c2*12-4-6-8(13)9(14)7-5(10(15)16)2-1-3-11(6)7;2*1-5-3-2-4-11-6(5)8(12)9(13)7(11)10(14)15;2*11-5-3-10-2-1-4(9(14)15)6(10)8(13)7(5)12/h2*5-9,12-14H,1-4H2,(H,15,16);2*5-9,12-13H,2-4H2,1H3,(H,14,15);2*4-8,11-13H,1-3H2,(H,14,15)/t5-,6+,7-,8-,9+;;5-,6-,7-,8+,9-;;4-,5-,6+,7+,8+;/m0.0.0./s1. The first-order chi connectivity index (χ1) is 43.3. The van der Waals surface area contributed by atoms with Crippen LogP contribution in [0.5, 0.6) is 0 Å². The number of aliphatic carboxylic acids is 6. The second-order valence-electron chi connectivity index (χ2n) is 26.9. The van der Waals surface area contributed by atoms with Crippen molar-refractivity contribution >= 4 is 35.8 Å². The summed E-state index contributed by atoms with van der Waals surface area (Å²) < 4.78 is 0. The molecule has 0 aliphatic carbocycles. The predicted molar refractivity (Wildman–Crippen MR) is 310 cm³/mol. The van der Waals surface area contributed by atoms with Gasteiger partial charge in [0.1, 0.15) is 36.5 Å². The van der Waals surface area contributed by atoms with Crippen LogP contribution in [-0.4, -0.2) is 389 Å². The van der Waals surface area contributed by atoms with Crippen LogP contribution in [-0.2, 0) is 28.8 Å². The Balaban J connectivity index is 0.000000157. The fourth-order valence-corrected chi connectivity index (χ4v) is 17.1. The molecular formula is C58H98N6O28. The number of aliphatic hydroxyl groups excluding tert-OH is 16. The van der Waals surface area contributed by atoms with E-state index < -0.39 is 193 Å². The van der Waals surface area contributed by atoms with Crippen LogP contribution >= 0.6 is 0 Å². The average molecular weight is 1330 g/mol. The summed E-state index contributed by atoms with van der Waals surface area (Å²) in [5.41, 5.74) is 0. The van der Waals surface area contributed by atoms with Crippen molar-refractivity contribution < 1.29 is 141 Å². The van der Waals surface area contributed by atoms with Crippen molar-refractivity contribution in [1.82, 2.24) is 29.4 Å². The highest BCUT2D eigenvalue weighted by Gasteiger charge is 2.58. The minimum atomic E-state index is -1.24. The molecule has 0 aromatic carbocycles. The summed E-state index contributed by atoms with van der Waals surface area (Å²) in [5.74, 6) is -8.01. The highest BCUT2D eigenvalue weighted by Crippen LogP contribution is 2.41. The van der Waals surface area contributed by atoms with E-state index in [1.807, 2.05) is 13.8 Å². The molecule has 12 aliphatic rings. The number of carboxylic acid groups (broad SMARTS) is 6. The van der Waals surface area contributed by atoms with Crippen molar-refractivity contribution in [1.29, 1.82) is 0 Å². The van der Waals surface area contributed by atoms with Gasteiger partial charge in [-0.25, -0.2) is 0 Å². The van der Waals surface area contributed by atoms with Crippen molar-refractivity contribution in [3.05, 3.63) is 0 Å². The number of nitrogens with zero attached hydrogens (tertiary/aromatic N) is 6. The van der Waals surface area contributed by atoms with Crippen LogP contribution in [0.4, 0.5) is 0 Å². The Hall–Kier alpha value is -4.06. The normalized spacial score (nSPS) is 45.7. The smallest absolute Gasteiger partial charge is 0.323 e. The van der Waals surface area contributed by atoms with Crippen molar-refractivity contribution in [3.63, 3.8) is 0 Å². The molecule has 12 heterocycles. The molecule has 34 heteroatoms. The van der Waals surface area contributed by atoms with Gasteiger partial charge in [0, 0.05) is 25.2 Å². The molecule has 12 saturated heterocycles. The highest BCUT2D eigenvalue weighted by molar-refractivity contribution is 5.76. The van der Waals surface area contributed by atoms with E-state index in [0.29, 0.717) is 77.8 Å². The number of aliphatic hydroxyl groups is 16. The topological polar surface area (TPSA) is 567 Å². The molecule has 0 aromatic heterocycles. The third-order valence-electron chi connectivity index (χ3n) is 21.6. The Labute approximate surface area is 530 Å². The zero-order chi connectivity index (χ0) is 68.4. The van der Waals surface area contributed by atoms with Crippen molar-refractivity contribution in [2.75, 3.05) is 65.6 Å². The van der Waals surface area contributed by atoms with Crippen LogP contribution in [0.15, 0.2) is 0 Å². The van der Waals surface area contributed by atoms with E-state index in [1.165, 1.54) is 0 Å². The zero-order valence-corrected chi connectivity index (χ0v) is 51.4. The quantitative estimate of drug-likeness (QED) is 0.107. The molecule has 12 rings (SSSR count). The molecule has 0 saturated carbocycles. The lowest BCUT2D eigenvalue weighted by Gasteiger charge is -2.41. The maximum absolute atomic E-state index is 11.1. The van der Waals surface area contributed by atoms with Gasteiger partial charge >= 0.3 is 35.8 Å². The summed E-state index contributed by atoms with van der Waals surface area (Å²) >= 11 is 0. The van der Waals surface area contributed by atoms with E-state index in [9.17, 15) is 100 Å². The van der Waals surface area contributed by atoms with Gasteiger partial charge in [-0.2, -0.15) is 0 Å². The van der Waals surface area contributed by atoms with Crippen LogP contribution in [0.3, 0.4) is 0 Å². The molecule has 0 aromatic rings. The number of piperidine rings is 6. The molecule has 15 unspecified atom stereocenters. The largest absolute Gasteiger partial charge is 0.481 e. The van der Waals surface area contributed by atoms with Gasteiger partial charge in [-0.15, -0.1) is 0 Å². The van der Waals surface area contributed by atoms with Crippen LogP contribution in [0.25, 0.3) is 0 Å². The molecule has 22 N–H and O–H groups in total. The number of hydrogen-bond donors (Lipinski definition) is 22. The molecule has 34 nitrogen and oxygen atoms in total. The van der Waals surface area contributed by atoms with E-state index in [-0.39, 0.29) is 50.2 Å². The first-order valence-corrected chi connectivity index (χ1v) is 31.9. The van der Waals surface area contributed by atoms with Crippen LogP contribution in [0, 0.1) is 35.5 Å². The Morgan fingerprint density at radius 1 is 0.304 bits per heavy atom. The summed E-state index contributed by atoms with van der Waals surface area (Å²) in [5, 5.41) is 208. The zero-order valence-electron chi connectivity index (χ0n) is 51.4. The second kappa shape index (κ2) is 31.9. The van der Waals surface area contributed by atoms with E-state index in [4.69, 9.17) is 40.9 Å². The SMILES string of the molecule is CC1CCCN2C(C(=O)O)C(O)C(O)C12.C[C@H]1CCCN2[C@@H]1[C@@H](O)[C@@H](O)[C@H]2C(=O)O.O=C(O)C1CCCN2C(CO)C(O)C(O)C12.O=C(O)C1CCN2CC(O)C(O)C(O)C12.O=C(O)[C@H]1CCCN2[C@@H]1[C@@H](O)[C@@H](O)[C@H]2CO.O=C(O)[C@H]1CCN2C[C@H](O)[C@@H](O)[C@H](O)[C@@H]12. The van der Waals surface area contributed by atoms with Gasteiger partial charge in [-0.1, -0.05) is 13.8 Å². The predicted octanol–water partition coefficient (Wildman–Crippen LogP) is -9.24. The van der Waals surface area contributed by atoms with Gasteiger partial charge in [-0.05, 0) is 115 Å². The molecule has 30 atom stereocenters. The van der Waals surface area contributed by atoms with Crippen LogP contribution in [0.1, 0.15) is 78.1 Å². The lowest BCUT2D eigenvalue weighted by atomic mass is 9.88. The lowest BCUT2D eigenvalue weighted by Crippen LogP contribution is -2.61. The minimum absolute atomic E-state index is 0.199. The molecule has 0 spiro atoms. The molecule has 12 aliphatic heterocycles. The van der Waals surface area contributed by atoms with Crippen molar-refractivity contribution in [3.8, 4) is 0 Å². The molecule has 0 amide bonds. The van der Waals surface area contributed by atoms with Crippen molar-refractivity contribution in [2.24, 2.45) is 35.5 Å². The molecule has 92 heavy (non-hydrogen) atoms. The molecule has 0 bridgehead atoms. The van der Waals surface area contributed by atoms with Crippen LogP contribution in [0.2, 0.25) is 0 Å². The highest BCUT2D eigenvalue weighted by atomic mass is 16.4. The Morgan fingerprint density at radius 3 is 0.870 bits per heavy atom. The number of fused-ring (bicyclic) bond motifs is 6. The van der Waals surface area contributed by atoms with Gasteiger partial charge in [0.05, 0.1) is 134 Å². The average Bonchev–Trinajstić information content (AvgIpc) is 1.67. The molecule has 0 radical (unpaired) electrons. The lowest BCUT2D eigenvalue weighted by molar-refractivity contribution is -0.156. The first kappa shape index (κ1) is 75.3. The molecule has 528 valence electrons. The van der Waals surface area contributed by atoms with Gasteiger partial charge in [-0.3, -0.25) is 58.2 Å². The molecular weight excluding hydrogens is 1230 g/mol. The van der Waals surface area contributed by atoms with Crippen LogP contribution < -0.4 is 0 Å². The minimum Gasteiger partial charge on any atom is -0.481 e. The summed E-state index contributed by atoms with van der Waals surface area (Å²) in [4.78, 5) is 76.4. The first-order valence-electron chi connectivity index (χ1n) is 31.9. The fourth-order valence-electron chi connectivity index (χ4n) is 17.1. The van der Waals surface area contributed by atoms with Gasteiger partial charge < -0.3 is 112 Å². The maximum atomic E-state index is 11.1. The maximum Gasteiger partial charge on any atom is 0.323 e. The van der Waals surface area contributed by atoms with Gasteiger partial charge in [0.15, 0.2) is 0 Å². The van der Waals surface area contributed by atoms with E-state index in [1.54, 1.807) is 29.4 Å². The van der Waals surface area contributed by atoms with E-state index in [2.05, 4.69) is 0 Å². The van der Waals surface area contributed by atoms with Gasteiger partial charge in [0.2, 0.25) is 0 Å². The van der Waals surface area contributed by atoms with E-state index >= 15 is 0 Å². The summed E-state index contributed by atoms with van der Waals surface area (Å²) in [7, 11) is 0. The third kappa shape index (κ3) is 15.2. The summed E-state index contributed by atoms with van der Waals surface area (Å²) in [6.07, 6.45) is -8.13. The Morgan fingerprint density at radius 2 is 0.576 bits per heavy atom. The summed E-state index contributed by atoms with van der Waals surface area (Å²) in [6.45, 7) is 7.56. The second-order valence-corrected chi connectivity index (χ2v) is 26.9. The number of carboxylic acids is 6. The summed E-state index contributed by atoms with van der Waals surface area (Å²) in [6, 6.07) is -5.63. The van der Waals surface area contributed by atoms with Crippen molar-refractivity contribution in [2.45, 2.75) is 224 Å². The number of hydrogen-bond acceptors (Lipinski definition) is 28. The Kier molecular flexibility index (Phi) is 26.1. The number of rotatable bonds is 8. The fraction of sp³-hybridized carbons (Fsp3) is 0.897. The van der Waals surface area contributed by atoms with Gasteiger partial charge in [0.25, 0.3) is 0 Å². The number of carbonyl (C=O) groups is 6. The Bertz CT molecular complexity index is 2340. The molecule has 12 fully saturated rings. The monoisotopic (exact) mass is 1330 g/mol.